The average Bonchev–Trinajstić information content (AvgIpc) is 2.88. The Bertz CT molecular complexity index is 541. The summed E-state index contributed by atoms with van der Waals surface area (Å²) >= 11 is 0. The molecule has 1 atom stereocenters. The molecule has 1 heterocycles. The summed E-state index contributed by atoms with van der Waals surface area (Å²) in [5.74, 6) is 0.629. The van der Waals surface area contributed by atoms with Crippen LogP contribution in [0.4, 0.5) is 5.95 Å². The fraction of sp³-hybridized carbons (Fsp3) is 0.333. The molecular weight excluding hydrogens is 228 g/mol. The highest BCUT2D eigenvalue weighted by Gasteiger charge is 2.17. The Morgan fingerprint density at radius 1 is 1.39 bits per heavy atom. The van der Waals surface area contributed by atoms with Crippen molar-refractivity contribution in [1.29, 1.82) is 5.26 Å². The standard InChI is InChI=1S/C12H14N6/c1-10(8-9-13)17(2)12-14-15-16-18(12)11-6-4-3-5-7-11/h3-7,10H,8H2,1-2H3. The van der Waals surface area contributed by atoms with Crippen LogP contribution in [0.3, 0.4) is 0 Å². The highest BCUT2D eigenvalue weighted by atomic mass is 15.6. The molecule has 0 saturated heterocycles. The Kier molecular flexibility index (Phi) is 3.53. The van der Waals surface area contributed by atoms with Gasteiger partial charge in [0.15, 0.2) is 0 Å². The van der Waals surface area contributed by atoms with Gasteiger partial charge in [-0.25, -0.2) is 0 Å². The van der Waals surface area contributed by atoms with Gasteiger partial charge in [-0.1, -0.05) is 23.3 Å². The van der Waals surface area contributed by atoms with Crippen LogP contribution in [0.25, 0.3) is 5.69 Å². The second kappa shape index (κ2) is 5.27. The van der Waals surface area contributed by atoms with Gasteiger partial charge in [0.25, 0.3) is 0 Å². The van der Waals surface area contributed by atoms with Crippen LogP contribution in [0.15, 0.2) is 30.3 Å². The summed E-state index contributed by atoms with van der Waals surface area (Å²) in [5.41, 5.74) is 0.897. The van der Waals surface area contributed by atoms with Gasteiger partial charge in [0.05, 0.1) is 18.2 Å². The number of nitrogens with zero attached hydrogens (tertiary/aromatic N) is 6. The van der Waals surface area contributed by atoms with Crippen molar-refractivity contribution in [3.8, 4) is 11.8 Å². The van der Waals surface area contributed by atoms with E-state index in [1.807, 2.05) is 49.2 Å². The fourth-order valence-corrected chi connectivity index (χ4v) is 1.60. The molecule has 1 aromatic heterocycles. The predicted molar refractivity (Wildman–Crippen MR) is 67.2 cm³/mol. The van der Waals surface area contributed by atoms with E-state index in [0.717, 1.165) is 5.69 Å². The second-order valence-electron chi connectivity index (χ2n) is 4.05. The van der Waals surface area contributed by atoms with Crippen molar-refractivity contribution in [3.63, 3.8) is 0 Å². The van der Waals surface area contributed by atoms with Gasteiger partial charge in [-0.05, 0) is 29.5 Å². The third-order valence-corrected chi connectivity index (χ3v) is 2.82. The maximum atomic E-state index is 8.73. The molecular formula is C12H14N6. The van der Waals surface area contributed by atoms with E-state index < -0.39 is 0 Å². The van der Waals surface area contributed by atoms with Crippen molar-refractivity contribution < 1.29 is 0 Å². The van der Waals surface area contributed by atoms with E-state index in [4.69, 9.17) is 5.26 Å². The van der Waals surface area contributed by atoms with Crippen LogP contribution in [0.5, 0.6) is 0 Å². The van der Waals surface area contributed by atoms with Gasteiger partial charge in [0, 0.05) is 13.1 Å². The molecule has 0 fully saturated rings. The lowest BCUT2D eigenvalue weighted by atomic mass is 10.2. The van der Waals surface area contributed by atoms with E-state index in [1.54, 1.807) is 4.68 Å². The van der Waals surface area contributed by atoms with Gasteiger partial charge in [-0.2, -0.15) is 9.94 Å². The second-order valence-corrected chi connectivity index (χ2v) is 4.05. The monoisotopic (exact) mass is 242 g/mol. The number of anilines is 1. The van der Waals surface area contributed by atoms with Crippen molar-refractivity contribution in [1.82, 2.24) is 20.2 Å². The molecule has 0 aliphatic rings. The first-order valence-corrected chi connectivity index (χ1v) is 5.67. The van der Waals surface area contributed by atoms with E-state index >= 15 is 0 Å². The number of para-hydroxylation sites is 1. The molecule has 6 heteroatoms. The number of benzene rings is 1. The molecule has 1 aromatic carbocycles. The molecule has 0 amide bonds. The van der Waals surface area contributed by atoms with Crippen LogP contribution in [0.2, 0.25) is 0 Å². The molecule has 0 N–H and O–H groups in total. The molecule has 1 unspecified atom stereocenters. The Hall–Kier alpha value is -2.42. The van der Waals surface area contributed by atoms with Gasteiger partial charge in [0.2, 0.25) is 5.95 Å². The normalized spacial score (nSPS) is 11.8. The molecule has 0 spiro atoms. The van der Waals surface area contributed by atoms with Gasteiger partial charge in [-0.3, -0.25) is 0 Å². The van der Waals surface area contributed by atoms with Crippen molar-refractivity contribution in [2.24, 2.45) is 0 Å². The minimum Gasteiger partial charge on any atom is -0.339 e. The van der Waals surface area contributed by atoms with Crippen molar-refractivity contribution >= 4 is 5.95 Å². The Labute approximate surface area is 105 Å². The lowest BCUT2D eigenvalue weighted by Crippen LogP contribution is -2.31. The molecule has 0 aliphatic heterocycles. The van der Waals surface area contributed by atoms with Crippen LogP contribution in [0, 0.1) is 11.3 Å². The SMILES string of the molecule is CC(CC#N)N(C)c1nnnn1-c1ccccc1. The molecule has 6 nitrogen and oxygen atoms in total. The number of aromatic nitrogens is 4. The van der Waals surface area contributed by atoms with Gasteiger partial charge in [-0.15, -0.1) is 0 Å². The van der Waals surface area contributed by atoms with Crippen LogP contribution >= 0.6 is 0 Å². The molecule has 2 aromatic rings. The smallest absolute Gasteiger partial charge is 0.250 e. The highest BCUT2D eigenvalue weighted by molar-refractivity contribution is 5.40. The van der Waals surface area contributed by atoms with Crippen LogP contribution in [-0.2, 0) is 0 Å². The predicted octanol–water partition coefficient (Wildman–Crippen LogP) is 1.40. The average molecular weight is 242 g/mol. The first kappa shape index (κ1) is 12.0. The first-order valence-electron chi connectivity index (χ1n) is 5.67. The number of rotatable bonds is 4. The van der Waals surface area contributed by atoms with E-state index in [1.165, 1.54) is 0 Å². The molecule has 18 heavy (non-hydrogen) atoms. The van der Waals surface area contributed by atoms with E-state index in [2.05, 4.69) is 21.6 Å². The summed E-state index contributed by atoms with van der Waals surface area (Å²) in [7, 11) is 1.88. The zero-order chi connectivity index (χ0) is 13.0. The topological polar surface area (TPSA) is 70.6 Å². The lowest BCUT2D eigenvalue weighted by molar-refractivity contribution is 0.669. The Morgan fingerprint density at radius 2 is 2.11 bits per heavy atom. The summed E-state index contributed by atoms with van der Waals surface area (Å²) < 4.78 is 1.66. The molecule has 92 valence electrons. The van der Waals surface area contributed by atoms with Crippen molar-refractivity contribution in [3.05, 3.63) is 30.3 Å². The number of nitriles is 1. The number of hydrogen-bond acceptors (Lipinski definition) is 5. The Morgan fingerprint density at radius 3 is 2.78 bits per heavy atom. The number of tetrazole rings is 1. The third kappa shape index (κ3) is 2.30. The fourth-order valence-electron chi connectivity index (χ4n) is 1.60. The quantitative estimate of drug-likeness (QED) is 0.810. The minimum absolute atomic E-state index is 0.0588. The van der Waals surface area contributed by atoms with E-state index in [-0.39, 0.29) is 6.04 Å². The van der Waals surface area contributed by atoms with E-state index in [9.17, 15) is 0 Å². The van der Waals surface area contributed by atoms with Crippen LogP contribution in [0.1, 0.15) is 13.3 Å². The molecule has 2 rings (SSSR count). The zero-order valence-electron chi connectivity index (χ0n) is 10.4. The largest absolute Gasteiger partial charge is 0.339 e. The van der Waals surface area contributed by atoms with Gasteiger partial charge >= 0.3 is 0 Å². The molecule has 0 bridgehead atoms. The van der Waals surface area contributed by atoms with Crippen molar-refractivity contribution in [2.45, 2.75) is 19.4 Å². The summed E-state index contributed by atoms with van der Waals surface area (Å²) in [6.45, 7) is 1.97. The highest BCUT2D eigenvalue weighted by Crippen LogP contribution is 2.16. The summed E-state index contributed by atoms with van der Waals surface area (Å²) in [5, 5.41) is 20.4. The van der Waals surface area contributed by atoms with Crippen molar-refractivity contribution in [2.75, 3.05) is 11.9 Å². The summed E-state index contributed by atoms with van der Waals surface area (Å²) in [6.07, 6.45) is 0.429. The summed E-state index contributed by atoms with van der Waals surface area (Å²) in [6, 6.07) is 11.9. The maximum Gasteiger partial charge on any atom is 0.250 e. The third-order valence-electron chi connectivity index (χ3n) is 2.82. The molecule has 0 aliphatic carbocycles. The lowest BCUT2D eigenvalue weighted by Gasteiger charge is -2.23. The Balaban J connectivity index is 2.31. The molecule has 0 radical (unpaired) electrons. The van der Waals surface area contributed by atoms with Gasteiger partial charge < -0.3 is 4.90 Å². The molecule has 0 saturated carbocycles. The van der Waals surface area contributed by atoms with Gasteiger partial charge in [0.1, 0.15) is 0 Å². The number of hydrogen-bond donors (Lipinski definition) is 0. The zero-order valence-corrected chi connectivity index (χ0v) is 10.4. The first-order chi connectivity index (χ1) is 8.74. The van der Waals surface area contributed by atoms with Crippen LogP contribution < -0.4 is 4.90 Å². The van der Waals surface area contributed by atoms with E-state index in [0.29, 0.717) is 12.4 Å². The maximum absolute atomic E-state index is 8.73. The minimum atomic E-state index is 0.0588. The van der Waals surface area contributed by atoms with Crippen LogP contribution in [-0.4, -0.2) is 33.3 Å². The summed E-state index contributed by atoms with van der Waals surface area (Å²) in [4.78, 5) is 1.90.